The van der Waals surface area contributed by atoms with Crippen LogP contribution in [0, 0.1) is 0 Å². The lowest BCUT2D eigenvalue weighted by Gasteiger charge is -2.08. The molecule has 1 amide bonds. The van der Waals surface area contributed by atoms with Crippen LogP contribution in [-0.4, -0.2) is 19.0 Å². The molecule has 0 fully saturated rings. The van der Waals surface area contributed by atoms with E-state index in [4.69, 9.17) is 15.2 Å². The summed E-state index contributed by atoms with van der Waals surface area (Å²) in [5, 5.41) is 0. The lowest BCUT2D eigenvalue weighted by molar-refractivity contribution is -0.129. The number of methoxy groups -OCH3 is 1. The van der Waals surface area contributed by atoms with Gasteiger partial charge in [0.1, 0.15) is 0 Å². The normalized spacial score (nSPS) is 11.0. The van der Waals surface area contributed by atoms with Gasteiger partial charge in [0, 0.05) is 11.6 Å². The summed E-state index contributed by atoms with van der Waals surface area (Å²) in [5.41, 5.74) is 5.55. The van der Waals surface area contributed by atoms with Gasteiger partial charge in [0.2, 0.25) is 5.91 Å². The smallest absolute Gasteiger partial charge is 0.335 e. The Hall–Kier alpha value is -2.30. The van der Waals surface area contributed by atoms with Gasteiger partial charge in [-0.25, -0.2) is 4.79 Å². The topological polar surface area (TPSA) is 78.6 Å². The molecule has 31 heavy (non-hydrogen) atoms. The van der Waals surface area contributed by atoms with E-state index in [1.165, 1.54) is 108 Å². The molecular formula is C26H41NO4. The fraction of sp³-hybridized carbons (Fsp3) is 0.615. The van der Waals surface area contributed by atoms with E-state index in [0.29, 0.717) is 11.3 Å². The van der Waals surface area contributed by atoms with Crippen molar-refractivity contribution in [2.24, 2.45) is 5.73 Å². The standard InChI is InChI=1S/C26H41NO4/c1-3-4-5-6-7-8-9-10-11-12-13-14-15-16-17-18-25(28)31-23-20-19-22(26(27)29)21-24(23)30-2/h17-21H,3-16H2,1-2H3,(H2,27,29)/b18-17+. The highest BCUT2D eigenvalue weighted by molar-refractivity contribution is 5.93. The van der Waals surface area contributed by atoms with Crippen LogP contribution in [0.5, 0.6) is 11.5 Å². The molecule has 0 unspecified atom stereocenters. The van der Waals surface area contributed by atoms with Crippen molar-refractivity contribution in [1.29, 1.82) is 0 Å². The molecule has 1 aromatic carbocycles. The molecule has 0 heterocycles. The van der Waals surface area contributed by atoms with Crippen LogP contribution in [0.2, 0.25) is 0 Å². The lowest BCUT2D eigenvalue weighted by atomic mass is 10.0. The molecule has 0 aromatic heterocycles. The number of benzene rings is 1. The van der Waals surface area contributed by atoms with Gasteiger partial charge < -0.3 is 15.2 Å². The van der Waals surface area contributed by atoms with E-state index >= 15 is 0 Å². The number of carbonyl (C=O) groups is 2. The molecule has 174 valence electrons. The quantitative estimate of drug-likeness (QED) is 0.121. The Labute approximate surface area is 188 Å². The molecule has 5 nitrogen and oxygen atoms in total. The number of rotatable bonds is 18. The fourth-order valence-corrected chi connectivity index (χ4v) is 3.51. The summed E-state index contributed by atoms with van der Waals surface area (Å²) >= 11 is 0. The largest absolute Gasteiger partial charge is 0.493 e. The van der Waals surface area contributed by atoms with Crippen LogP contribution in [0.15, 0.2) is 30.4 Å². The predicted octanol–water partition coefficient (Wildman–Crippen LogP) is 6.74. The average molecular weight is 432 g/mol. The lowest BCUT2D eigenvalue weighted by Crippen LogP contribution is -2.11. The van der Waals surface area contributed by atoms with E-state index < -0.39 is 11.9 Å². The molecule has 0 aliphatic rings. The maximum absolute atomic E-state index is 12.0. The van der Waals surface area contributed by atoms with E-state index in [1.54, 1.807) is 0 Å². The Morgan fingerprint density at radius 3 is 1.90 bits per heavy atom. The van der Waals surface area contributed by atoms with E-state index in [0.717, 1.165) is 12.8 Å². The highest BCUT2D eigenvalue weighted by Crippen LogP contribution is 2.28. The van der Waals surface area contributed by atoms with Crippen LogP contribution in [-0.2, 0) is 4.79 Å². The molecule has 1 aromatic rings. The summed E-state index contributed by atoms with van der Waals surface area (Å²) in [5.74, 6) is -0.452. The average Bonchev–Trinajstić information content (AvgIpc) is 2.76. The molecule has 0 atom stereocenters. The van der Waals surface area contributed by atoms with Crippen LogP contribution in [0.1, 0.15) is 107 Å². The number of hydrogen-bond acceptors (Lipinski definition) is 4. The van der Waals surface area contributed by atoms with Crippen LogP contribution in [0.3, 0.4) is 0 Å². The van der Waals surface area contributed by atoms with Crippen molar-refractivity contribution < 1.29 is 19.1 Å². The number of esters is 1. The highest BCUT2D eigenvalue weighted by atomic mass is 16.6. The summed E-state index contributed by atoms with van der Waals surface area (Å²) in [7, 11) is 1.45. The van der Waals surface area contributed by atoms with Crippen molar-refractivity contribution in [3.05, 3.63) is 35.9 Å². The Morgan fingerprint density at radius 1 is 0.839 bits per heavy atom. The van der Waals surface area contributed by atoms with Crippen molar-refractivity contribution in [1.82, 2.24) is 0 Å². The second-order valence-electron chi connectivity index (χ2n) is 8.08. The summed E-state index contributed by atoms with van der Waals surface area (Å²) < 4.78 is 10.4. The molecule has 0 aliphatic heterocycles. The van der Waals surface area contributed by atoms with Gasteiger partial charge in [-0.3, -0.25) is 4.79 Å². The van der Waals surface area contributed by atoms with Crippen molar-refractivity contribution >= 4 is 11.9 Å². The first kappa shape index (κ1) is 26.7. The monoisotopic (exact) mass is 431 g/mol. The van der Waals surface area contributed by atoms with E-state index in [9.17, 15) is 9.59 Å². The first-order valence-electron chi connectivity index (χ1n) is 11.9. The third kappa shape index (κ3) is 12.9. The van der Waals surface area contributed by atoms with Gasteiger partial charge in [-0.15, -0.1) is 0 Å². The Kier molecular flexibility index (Phi) is 15.0. The molecule has 2 N–H and O–H groups in total. The number of allylic oxidation sites excluding steroid dienone is 1. The molecular weight excluding hydrogens is 390 g/mol. The first-order valence-corrected chi connectivity index (χ1v) is 11.9. The number of primary amides is 1. The maximum Gasteiger partial charge on any atom is 0.335 e. The number of nitrogens with two attached hydrogens (primary N) is 1. The summed E-state index contributed by atoms with van der Waals surface area (Å²) in [4.78, 5) is 23.2. The minimum Gasteiger partial charge on any atom is -0.493 e. The Balaban J connectivity index is 2.07. The SMILES string of the molecule is CCCCCCCCCCCCCCC/C=C/C(=O)Oc1ccc(C(N)=O)cc1OC. The number of amides is 1. The highest BCUT2D eigenvalue weighted by Gasteiger charge is 2.11. The Morgan fingerprint density at radius 2 is 1.39 bits per heavy atom. The van der Waals surface area contributed by atoms with E-state index in [-0.39, 0.29) is 5.75 Å². The summed E-state index contributed by atoms with van der Waals surface area (Å²) in [6, 6.07) is 4.48. The Bertz CT molecular complexity index is 669. The zero-order valence-corrected chi connectivity index (χ0v) is 19.5. The fourth-order valence-electron chi connectivity index (χ4n) is 3.51. The number of ether oxygens (including phenoxy) is 2. The zero-order valence-electron chi connectivity index (χ0n) is 19.5. The van der Waals surface area contributed by atoms with E-state index in [1.807, 2.05) is 6.08 Å². The van der Waals surface area contributed by atoms with Crippen molar-refractivity contribution in [3.63, 3.8) is 0 Å². The van der Waals surface area contributed by atoms with Gasteiger partial charge in [0.15, 0.2) is 11.5 Å². The molecule has 1 rings (SSSR count). The third-order valence-electron chi connectivity index (χ3n) is 5.39. The molecule has 0 saturated heterocycles. The summed E-state index contributed by atoms with van der Waals surface area (Å²) in [6.45, 7) is 2.26. The predicted molar refractivity (Wildman–Crippen MR) is 127 cm³/mol. The minimum absolute atomic E-state index is 0.267. The molecule has 0 spiro atoms. The van der Waals surface area contributed by atoms with Crippen LogP contribution in [0.25, 0.3) is 0 Å². The maximum atomic E-state index is 12.0. The van der Waals surface area contributed by atoms with Gasteiger partial charge in [0.05, 0.1) is 7.11 Å². The second-order valence-corrected chi connectivity index (χ2v) is 8.08. The van der Waals surface area contributed by atoms with Gasteiger partial charge >= 0.3 is 5.97 Å². The van der Waals surface area contributed by atoms with Gasteiger partial charge in [-0.05, 0) is 31.0 Å². The molecule has 0 saturated carbocycles. The van der Waals surface area contributed by atoms with Gasteiger partial charge in [-0.2, -0.15) is 0 Å². The third-order valence-corrected chi connectivity index (χ3v) is 5.39. The summed E-state index contributed by atoms with van der Waals surface area (Å²) in [6.07, 6.45) is 21.4. The van der Waals surface area contributed by atoms with Crippen molar-refractivity contribution in [2.75, 3.05) is 7.11 Å². The molecule has 0 bridgehead atoms. The van der Waals surface area contributed by atoms with Crippen LogP contribution < -0.4 is 15.2 Å². The molecule has 0 radical (unpaired) electrons. The molecule has 5 heteroatoms. The van der Waals surface area contributed by atoms with Gasteiger partial charge in [0.25, 0.3) is 0 Å². The number of hydrogen-bond donors (Lipinski definition) is 1. The minimum atomic E-state index is -0.561. The van der Waals surface area contributed by atoms with Crippen molar-refractivity contribution in [3.8, 4) is 11.5 Å². The van der Waals surface area contributed by atoms with Crippen LogP contribution in [0.4, 0.5) is 0 Å². The van der Waals surface area contributed by atoms with Gasteiger partial charge in [-0.1, -0.05) is 90.0 Å². The van der Waals surface area contributed by atoms with Crippen molar-refractivity contribution in [2.45, 2.75) is 96.8 Å². The zero-order chi connectivity index (χ0) is 22.7. The first-order chi connectivity index (χ1) is 15.1. The number of carbonyl (C=O) groups excluding carboxylic acids is 2. The number of unbranched alkanes of at least 4 members (excludes halogenated alkanes) is 13. The van der Waals surface area contributed by atoms with E-state index in [2.05, 4.69) is 6.92 Å². The molecule has 0 aliphatic carbocycles. The van der Waals surface area contributed by atoms with Crippen LogP contribution >= 0.6 is 0 Å². The second kappa shape index (κ2) is 17.4.